The molecule has 12 heavy (non-hydrogen) atoms. The molecule has 0 aromatic carbocycles. The largest absolute Gasteiger partial charge is 0.393 e. The molecule has 0 aliphatic rings. The Morgan fingerprint density at radius 1 is 1.33 bits per heavy atom. The van der Waals surface area contributed by atoms with Gasteiger partial charge >= 0.3 is 0 Å². The molecule has 0 bridgehead atoms. The third-order valence-electron chi connectivity index (χ3n) is 2.08. The third kappa shape index (κ3) is 1.84. The highest BCUT2D eigenvalue weighted by Crippen LogP contribution is 2.28. The highest BCUT2D eigenvalue weighted by Gasteiger charge is 2.16. The number of aryl methyl sites for hydroxylation is 2. The van der Waals surface area contributed by atoms with Crippen LogP contribution in [0.4, 0.5) is 0 Å². The predicted molar refractivity (Wildman–Crippen MR) is 51.7 cm³/mol. The Balaban J connectivity index is 2.94. The van der Waals surface area contributed by atoms with Crippen LogP contribution < -0.4 is 0 Å². The summed E-state index contributed by atoms with van der Waals surface area (Å²) in [5.41, 5.74) is 1.06. The second-order valence-corrected chi connectivity index (χ2v) is 4.45. The fraction of sp³-hybridized carbons (Fsp3) is 0.667. The number of hydrogen-bond donors (Lipinski definition) is 1. The number of aliphatic hydroxyl groups excluding tert-OH is 1. The summed E-state index contributed by atoms with van der Waals surface area (Å²) in [6.45, 7) is 7.84. The molecule has 2 nitrogen and oxygen atoms in total. The highest BCUT2D eigenvalue weighted by molar-refractivity contribution is 7.11. The molecule has 1 heterocycles. The minimum Gasteiger partial charge on any atom is -0.393 e. The topological polar surface area (TPSA) is 33.1 Å². The summed E-state index contributed by atoms with van der Waals surface area (Å²) >= 11 is 1.68. The molecule has 1 rings (SSSR count). The van der Waals surface area contributed by atoms with E-state index in [1.54, 1.807) is 11.3 Å². The molecule has 0 amide bonds. The number of aromatic nitrogens is 1. The SMILES string of the molecule is Cc1nc(C)c(C(C)C(C)O)s1. The van der Waals surface area contributed by atoms with Gasteiger partial charge in [-0.2, -0.15) is 0 Å². The van der Waals surface area contributed by atoms with Crippen molar-refractivity contribution in [1.82, 2.24) is 4.98 Å². The second-order valence-electron chi connectivity index (χ2n) is 3.21. The number of hydrogen-bond acceptors (Lipinski definition) is 3. The zero-order chi connectivity index (χ0) is 9.30. The Hall–Kier alpha value is -0.410. The average Bonchev–Trinajstić information content (AvgIpc) is 2.28. The summed E-state index contributed by atoms with van der Waals surface area (Å²) in [6.07, 6.45) is -0.288. The minimum atomic E-state index is -0.288. The normalized spacial score (nSPS) is 16.1. The lowest BCUT2D eigenvalue weighted by Gasteiger charge is -2.12. The van der Waals surface area contributed by atoms with E-state index >= 15 is 0 Å². The fourth-order valence-electron chi connectivity index (χ4n) is 1.19. The van der Waals surface area contributed by atoms with Crippen LogP contribution >= 0.6 is 11.3 Å². The smallest absolute Gasteiger partial charge is 0.0900 e. The Morgan fingerprint density at radius 2 is 1.92 bits per heavy atom. The molecule has 1 aromatic heterocycles. The maximum Gasteiger partial charge on any atom is 0.0900 e. The van der Waals surface area contributed by atoms with Crippen molar-refractivity contribution in [2.24, 2.45) is 0 Å². The maximum absolute atomic E-state index is 9.39. The second kappa shape index (κ2) is 3.54. The molecule has 2 unspecified atom stereocenters. The molecule has 0 aliphatic carbocycles. The molecule has 0 saturated heterocycles. The first-order chi connectivity index (χ1) is 5.52. The molecular formula is C9H15NOS. The number of nitrogens with zero attached hydrogens (tertiary/aromatic N) is 1. The van der Waals surface area contributed by atoms with Gasteiger partial charge in [0.1, 0.15) is 0 Å². The number of thiazole rings is 1. The van der Waals surface area contributed by atoms with Gasteiger partial charge in [0.05, 0.1) is 16.8 Å². The van der Waals surface area contributed by atoms with Crippen LogP contribution in [0.25, 0.3) is 0 Å². The molecule has 2 atom stereocenters. The van der Waals surface area contributed by atoms with Crippen molar-refractivity contribution in [3.05, 3.63) is 15.6 Å². The lowest BCUT2D eigenvalue weighted by molar-refractivity contribution is 0.170. The van der Waals surface area contributed by atoms with Crippen molar-refractivity contribution < 1.29 is 5.11 Å². The van der Waals surface area contributed by atoms with Gasteiger partial charge in [0.15, 0.2) is 0 Å². The van der Waals surface area contributed by atoms with Gasteiger partial charge in [-0.05, 0) is 20.8 Å². The van der Waals surface area contributed by atoms with Crippen molar-refractivity contribution >= 4 is 11.3 Å². The molecule has 1 N–H and O–H groups in total. The molecule has 3 heteroatoms. The van der Waals surface area contributed by atoms with Crippen LogP contribution in [-0.4, -0.2) is 16.2 Å². The summed E-state index contributed by atoms with van der Waals surface area (Å²) in [5, 5.41) is 10.5. The summed E-state index contributed by atoms with van der Waals surface area (Å²) in [5.74, 6) is 0.205. The Kier molecular flexibility index (Phi) is 2.85. The highest BCUT2D eigenvalue weighted by atomic mass is 32.1. The monoisotopic (exact) mass is 185 g/mol. The van der Waals surface area contributed by atoms with Gasteiger partial charge in [-0.25, -0.2) is 4.98 Å². The zero-order valence-corrected chi connectivity index (χ0v) is 8.77. The summed E-state index contributed by atoms with van der Waals surface area (Å²) in [4.78, 5) is 5.53. The van der Waals surface area contributed by atoms with Gasteiger partial charge in [-0.15, -0.1) is 11.3 Å². The molecule has 0 aliphatic heterocycles. The van der Waals surface area contributed by atoms with Crippen molar-refractivity contribution in [2.45, 2.75) is 39.7 Å². The van der Waals surface area contributed by atoms with Crippen LogP contribution in [0, 0.1) is 13.8 Å². The Morgan fingerprint density at radius 3 is 2.25 bits per heavy atom. The van der Waals surface area contributed by atoms with Crippen LogP contribution in [0.3, 0.4) is 0 Å². The van der Waals surface area contributed by atoms with Crippen molar-refractivity contribution in [2.75, 3.05) is 0 Å². The van der Waals surface area contributed by atoms with E-state index in [1.807, 2.05) is 27.7 Å². The first kappa shape index (κ1) is 9.68. The van der Waals surface area contributed by atoms with Gasteiger partial charge in [-0.1, -0.05) is 6.92 Å². The van der Waals surface area contributed by atoms with E-state index in [1.165, 1.54) is 4.88 Å². The lowest BCUT2D eigenvalue weighted by Crippen LogP contribution is -2.10. The zero-order valence-electron chi connectivity index (χ0n) is 7.96. The van der Waals surface area contributed by atoms with Gasteiger partial charge in [-0.3, -0.25) is 0 Å². The maximum atomic E-state index is 9.39. The van der Waals surface area contributed by atoms with Crippen molar-refractivity contribution in [1.29, 1.82) is 0 Å². The first-order valence-corrected chi connectivity index (χ1v) is 4.96. The van der Waals surface area contributed by atoms with E-state index < -0.39 is 0 Å². The van der Waals surface area contributed by atoms with Crippen molar-refractivity contribution in [3.63, 3.8) is 0 Å². The molecule has 1 aromatic rings. The molecule has 0 radical (unpaired) electrons. The summed E-state index contributed by atoms with van der Waals surface area (Å²) < 4.78 is 0. The summed E-state index contributed by atoms with van der Waals surface area (Å²) in [7, 11) is 0. The van der Waals surface area contributed by atoms with E-state index in [4.69, 9.17) is 0 Å². The van der Waals surface area contributed by atoms with Crippen LogP contribution in [0.5, 0.6) is 0 Å². The number of aliphatic hydroxyl groups is 1. The van der Waals surface area contributed by atoms with E-state index in [2.05, 4.69) is 4.98 Å². The standard InChI is InChI=1S/C9H15NOS/c1-5(7(3)11)9-6(2)10-8(4)12-9/h5,7,11H,1-4H3. The van der Waals surface area contributed by atoms with E-state index in [9.17, 15) is 5.11 Å². The van der Waals surface area contributed by atoms with Gasteiger partial charge in [0, 0.05) is 10.8 Å². The Bertz CT molecular complexity index is 267. The quantitative estimate of drug-likeness (QED) is 0.766. The molecule has 68 valence electrons. The molecule has 0 spiro atoms. The van der Waals surface area contributed by atoms with Crippen LogP contribution in [-0.2, 0) is 0 Å². The first-order valence-electron chi connectivity index (χ1n) is 4.14. The van der Waals surface area contributed by atoms with E-state index in [0.717, 1.165) is 10.7 Å². The van der Waals surface area contributed by atoms with Crippen LogP contribution in [0.15, 0.2) is 0 Å². The Labute approximate surface area is 77.3 Å². The van der Waals surface area contributed by atoms with Gasteiger partial charge in [0.25, 0.3) is 0 Å². The minimum absolute atomic E-state index is 0.205. The fourth-order valence-corrected chi connectivity index (χ4v) is 2.27. The molecule has 0 saturated carbocycles. The lowest BCUT2D eigenvalue weighted by atomic mass is 10.0. The van der Waals surface area contributed by atoms with E-state index in [-0.39, 0.29) is 12.0 Å². The average molecular weight is 185 g/mol. The van der Waals surface area contributed by atoms with Crippen molar-refractivity contribution in [3.8, 4) is 0 Å². The van der Waals surface area contributed by atoms with Crippen LogP contribution in [0.2, 0.25) is 0 Å². The van der Waals surface area contributed by atoms with Gasteiger partial charge < -0.3 is 5.11 Å². The third-order valence-corrected chi connectivity index (χ3v) is 3.35. The van der Waals surface area contributed by atoms with Crippen LogP contribution in [0.1, 0.15) is 35.3 Å². The predicted octanol–water partition coefficient (Wildman–Crippen LogP) is 2.24. The molecule has 0 fully saturated rings. The summed E-state index contributed by atoms with van der Waals surface area (Å²) in [6, 6.07) is 0. The van der Waals surface area contributed by atoms with E-state index in [0.29, 0.717) is 0 Å². The number of rotatable bonds is 2. The van der Waals surface area contributed by atoms with Gasteiger partial charge in [0.2, 0.25) is 0 Å². The molecular weight excluding hydrogens is 170 g/mol.